The van der Waals surface area contributed by atoms with Crippen molar-refractivity contribution in [1.82, 2.24) is 14.9 Å². The van der Waals surface area contributed by atoms with Gasteiger partial charge >= 0.3 is 0 Å². The lowest BCUT2D eigenvalue weighted by Crippen LogP contribution is -2.40. The summed E-state index contributed by atoms with van der Waals surface area (Å²) < 4.78 is 50.3. The van der Waals surface area contributed by atoms with Gasteiger partial charge in [-0.2, -0.15) is 10.6 Å². The van der Waals surface area contributed by atoms with Crippen LogP contribution in [0.15, 0.2) is 12.1 Å². The van der Waals surface area contributed by atoms with Gasteiger partial charge < -0.3 is 14.9 Å². The Bertz CT molecular complexity index is 1050. The van der Waals surface area contributed by atoms with E-state index >= 15 is 0 Å². The number of hydrogen-bond donors (Lipinski definition) is 4. The lowest BCUT2D eigenvalue weighted by Gasteiger charge is -2.39. The molecular weight excluding hydrogens is 456 g/mol. The van der Waals surface area contributed by atoms with E-state index in [-0.39, 0.29) is 29.0 Å². The fourth-order valence-electron chi connectivity index (χ4n) is 4.25. The van der Waals surface area contributed by atoms with Gasteiger partial charge in [0.1, 0.15) is 11.6 Å². The Morgan fingerprint density at radius 3 is 2.73 bits per heavy atom. The molecule has 2 aliphatic heterocycles. The number of fused-ring (bicyclic) bond motifs is 1. The van der Waals surface area contributed by atoms with Gasteiger partial charge in [0.25, 0.3) is 0 Å². The third kappa shape index (κ3) is 4.29. The number of carbonyl (C=O) groups excluding carboxylic acids is 1. The van der Waals surface area contributed by atoms with Crippen LogP contribution >= 0.6 is 34.4 Å². The van der Waals surface area contributed by atoms with Gasteiger partial charge in [0, 0.05) is 47.0 Å². The van der Waals surface area contributed by atoms with Gasteiger partial charge in [-0.25, -0.2) is 8.78 Å². The van der Waals surface area contributed by atoms with Crippen molar-refractivity contribution >= 4 is 40.3 Å². The molecule has 2 aliphatic rings. The second-order valence-corrected chi connectivity index (χ2v) is 11.1. The molecule has 0 saturated carbocycles. The number of carbonyl (C=O) groups is 1. The van der Waals surface area contributed by atoms with Crippen molar-refractivity contribution in [3.8, 4) is 0 Å². The van der Waals surface area contributed by atoms with E-state index in [2.05, 4.69) is 10.3 Å². The maximum Gasteiger partial charge on any atom is 0.226 e. The fourth-order valence-corrected chi connectivity index (χ4v) is 6.25. The molecule has 6 nitrogen and oxygen atoms in total. The van der Waals surface area contributed by atoms with Crippen LogP contribution in [0.1, 0.15) is 35.7 Å². The molecule has 4 rings (SSSR count). The zero-order chi connectivity index (χ0) is 21.6. The standard InChI is InChI=1S/C19H22ClF2N3O3S2/c20-12-1-2-13(21)17(18(12)22)10-7-15-14(24-19(29)25(15)9-10)8-16(26)23-11-3-5-30(27,28)6-4-11/h1-2,10-11,27-28H,3-9H2,(H,23,26)(H,24,29). The molecule has 11 heteroatoms. The Morgan fingerprint density at radius 1 is 1.33 bits per heavy atom. The maximum absolute atomic E-state index is 14.5. The van der Waals surface area contributed by atoms with Gasteiger partial charge in [-0.1, -0.05) is 11.6 Å². The van der Waals surface area contributed by atoms with Crippen molar-refractivity contribution in [1.29, 1.82) is 0 Å². The number of halogens is 3. The predicted octanol–water partition coefficient (Wildman–Crippen LogP) is 4.39. The number of imidazole rings is 1. The van der Waals surface area contributed by atoms with Crippen molar-refractivity contribution in [2.24, 2.45) is 0 Å². The molecule has 1 unspecified atom stereocenters. The number of amides is 1. The molecule has 0 aliphatic carbocycles. The lowest BCUT2D eigenvalue weighted by molar-refractivity contribution is -0.121. The SMILES string of the molecule is O=C(Cc1[nH]c(=S)n2c1CC(c1c(F)ccc(Cl)c1F)C2)NC1CCS(O)(O)CC1. The number of H-pyrrole nitrogens is 1. The second kappa shape index (κ2) is 8.23. The van der Waals surface area contributed by atoms with Crippen LogP contribution in [0.4, 0.5) is 8.78 Å². The summed E-state index contributed by atoms with van der Waals surface area (Å²) >= 11 is 11.2. The van der Waals surface area contributed by atoms with Crippen LogP contribution in [0.2, 0.25) is 5.02 Å². The molecule has 2 aromatic rings. The minimum atomic E-state index is -2.50. The molecule has 1 atom stereocenters. The fraction of sp³-hybridized carbons (Fsp3) is 0.474. The molecule has 0 spiro atoms. The Hall–Kier alpha value is -1.46. The quantitative estimate of drug-likeness (QED) is 0.388. The van der Waals surface area contributed by atoms with Crippen LogP contribution in [0, 0.1) is 16.4 Å². The van der Waals surface area contributed by atoms with Gasteiger partial charge in [0.15, 0.2) is 4.77 Å². The number of rotatable bonds is 4. The number of aromatic amines is 1. The van der Waals surface area contributed by atoms with Crippen LogP contribution in [-0.4, -0.2) is 42.1 Å². The van der Waals surface area contributed by atoms with E-state index in [1.54, 1.807) is 4.57 Å². The molecule has 3 heterocycles. The van der Waals surface area contributed by atoms with Crippen LogP contribution in [0.5, 0.6) is 0 Å². The number of nitrogens with zero attached hydrogens (tertiary/aromatic N) is 1. The summed E-state index contributed by atoms with van der Waals surface area (Å²) in [6, 6.07) is 2.25. The van der Waals surface area contributed by atoms with Gasteiger partial charge in [-0.15, -0.1) is 0 Å². The van der Waals surface area contributed by atoms with Gasteiger partial charge in [-0.3, -0.25) is 13.9 Å². The third-order valence-electron chi connectivity index (χ3n) is 5.80. The Morgan fingerprint density at radius 2 is 2.03 bits per heavy atom. The summed E-state index contributed by atoms with van der Waals surface area (Å²) in [5.74, 6) is -1.49. The van der Waals surface area contributed by atoms with Crippen LogP contribution in [-0.2, 0) is 24.2 Å². The molecule has 1 aromatic carbocycles. The minimum Gasteiger partial charge on any atom is -0.353 e. The molecular formula is C19H22ClF2N3O3S2. The molecule has 1 amide bonds. The van der Waals surface area contributed by atoms with Gasteiger partial charge in [0.2, 0.25) is 5.91 Å². The average Bonchev–Trinajstić information content (AvgIpc) is 3.22. The molecule has 0 bridgehead atoms. The number of benzene rings is 1. The van der Waals surface area contributed by atoms with Crippen LogP contribution < -0.4 is 5.32 Å². The summed E-state index contributed by atoms with van der Waals surface area (Å²) in [6.07, 6.45) is 1.45. The second-order valence-electron chi connectivity index (χ2n) is 7.85. The molecule has 1 saturated heterocycles. The topological polar surface area (TPSA) is 90.3 Å². The van der Waals surface area contributed by atoms with Gasteiger partial charge in [-0.05, 0) is 43.6 Å². The van der Waals surface area contributed by atoms with Gasteiger partial charge in [0.05, 0.1) is 11.4 Å². The first kappa shape index (κ1) is 21.8. The zero-order valence-electron chi connectivity index (χ0n) is 16.0. The van der Waals surface area contributed by atoms with E-state index in [1.165, 1.54) is 6.07 Å². The first-order valence-electron chi connectivity index (χ1n) is 9.61. The maximum atomic E-state index is 14.5. The molecule has 0 radical (unpaired) electrons. The van der Waals surface area contributed by atoms with E-state index in [9.17, 15) is 22.7 Å². The normalized spacial score (nSPS) is 22.0. The van der Waals surface area contributed by atoms with Crippen molar-refractivity contribution in [2.75, 3.05) is 11.5 Å². The number of nitrogens with one attached hydrogen (secondary N) is 2. The smallest absolute Gasteiger partial charge is 0.226 e. The van der Waals surface area contributed by atoms with Crippen molar-refractivity contribution < 1.29 is 22.7 Å². The molecule has 30 heavy (non-hydrogen) atoms. The summed E-state index contributed by atoms with van der Waals surface area (Å²) in [4.78, 5) is 15.6. The number of hydrogen-bond acceptors (Lipinski definition) is 4. The zero-order valence-corrected chi connectivity index (χ0v) is 18.3. The highest BCUT2D eigenvalue weighted by molar-refractivity contribution is 8.24. The van der Waals surface area contributed by atoms with E-state index in [1.807, 2.05) is 0 Å². The van der Waals surface area contributed by atoms with Crippen molar-refractivity contribution in [2.45, 2.75) is 44.2 Å². The highest BCUT2D eigenvalue weighted by Crippen LogP contribution is 2.44. The first-order valence-corrected chi connectivity index (χ1v) is 12.3. The Kier molecular flexibility index (Phi) is 5.97. The highest BCUT2D eigenvalue weighted by atomic mass is 35.5. The van der Waals surface area contributed by atoms with Crippen molar-refractivity contribution in [3.05, 3.63) is 50.5 Å². The van der Waals surface area contributed by atoms with E-state index in [0.29, 0.717) is 47.8 Å². The van der Waals surface area contributed by atoms with E-state index < -0.39 is 28.1 Å². The van der Waals surface area contributed by atoms with Crippen LogP contribution in [0.25, 0.3) is 0 Å². The number of aromatic nitrogens is 2. The predicted molar refractivity (Wildman–Crippen MR) is 115 cm³/mol. The Labute approximate surface area is 184 Å². The lowest BCUT2D eigenvalue weighted by atomic mass is 9.95. The highest BCUT2D eigenvalue weighted by Gasteiger charge is 2.32. The molecule has 4 N–H and O–H groups in total. The Balaban J connectivity index is 1.47. The average molecular weight is 478 g/mol. The monoisotopic (exact) mass is 477 g/mol. The van der Waals surface area contributed by atoms with E-state index in [4.69, 9.17) is 23.8 Å². The van der Waals surface area contributed by atoms with Crippen molar-refractivity contribution in [3.63, 3.8) is 0 Å². The first-order chi connectivity index (χ1) is 14.1. The molecule has 1 aromatic heterocycles. The summed E-state index contributed by atoms with van der Waals surface area (Å²) in [6.45, 7) is 0.307. The summed E-state index contributed by atoms with van der Waals surface area (Å²) in [5, 5.41) is 2.80. The molecule has 164 valence electrons. The summed E-state index contributed by atoms with van der Waals surface area (Å²) in [5.41, 5.74) is 1.33. The summed E-state index contributed by atoms with van der Waals surface area (Å²) in [7, 11) is -2.50. The molecule has 1 fully saturated rings. The van der Waals surface area contributed by atoms with E-state index in [0.717, 1.165) is 11.8 Å². The largest absolute Gasteiger partial charge is 0.353 e. The minimum absolute atomic E-state index is 0.0582. The third-order valence-corrected chi connectivity index (χ3v) is 8.19. The van der Waals surface area contributed by atoms with Crippen LogP contribution in [0.3, 0.4) is 0 Å².